The Morgan fingerprint density at radius 1 is 1.19 bits per heavy atom. The molecule has 0 spiro atoms. The molecule has 0 amide bonds. The Balaban J connectivity index is 2.50. The molecule has 0 atom stereocenters. The summed E-state index contributed by atoms with van der Waals surface area (Å²) in [6.07, 6.45) is 0. The number of hydrogen-bond acceptors (Lipinski definition) is 3. The van der Waals surface area contributed by atoms with Crippen LogP contribution in [0.1, 0.15) is 11.1 Å². The Morgan fingerprint density at radius 2 is 1.86 bits per heavy atom. The average molecular weight is 390 g/mol. The van der Waals surface area contributed by atoms with Crippen LogP contribution in [-0.2, 0) is 10.0 Å². The summed E-state index contributed by atoms with van der Waals surface area (Å²) in [4.78, 5) is -0.0399. The van der Waals surface area contributed by atoms with Gasteiger partial charge in [-0.15, -0.1) is 0 Å². The molecule has 2 aromatic rings. The highest BCUT2D eigenvalue weighted by molar-refractivity contribution is 9.10. The molecule has 0 aliphatic heterocycles. The van der Waals surface area contributed by atoms with Crippen molar-refractivity contribution in [3.63, 3.8) is 0 Å². The van der Waals surface area contributed by atoms with Gasteiger partial charge in [0.15, 0.2) is 0 Å². The van der Waals surface area contributed by atoms with Crippen LogP contribution in [-0.4, -0.2) is 8.42 Å². The molecule has 0 aliphatic carbocycles. The zero-order chi connectivity index (χ0) is 15.8. The molecule has 0 saturated carbocycles. The van der Waals surface area contributed by atoms with E-state index in [9.17, 15) is 8.42 Å². The molecule has 0 saturated heterocycles. The molecule has 0 aromatic heterocycles. The maximum absolute atomic E-state index is 12.5. The van der Waals surface area contributed by atoms with Gasteiger partial charge in [0.2, 0.25) is 0 Å². The predicted molar refractivity (Wildman–Crippen MR) is 90.3 cm³/mol. The molecular formula is C14H14BrClN2O2S. The first-order valence-corrected chi connectivity index (χ1v) is 8.71. The number of benzene rings is 2. The summed E-state index contributed by atoms with van der Waals surface area (Å²) in [6.45, 7) is 3.77. The fourth-order valence-corrected chi connectivity index (χ4v) is 4.43. The molecule has 3 N–H and O–H groups in total. The minimum absolute atomic E-state index is 0.0399. The van der Waals surface area contributed by atoms with Gasteiger partial charge in [0, 0.05) is 9.50 Å². The van der Waals surface area contributed by atoms with Crippen molar-refractivity contribution in [2.75, 3.05) is 10.5 Å². The second-order valence-electron chi connectivity index (χ2n) is 4.73. The molecule has 7 heteroatoms. The van der Waals surface area contributed by atoms with Crippen LogP contribution in [0.3, 0.4) is 0 Å². The van der Waals surface area contributed by atoms with Gasteiger partial charge < -0.3 is 5.73 Å². The summed E-state index contributed by atoms with van der Waals surface area (Å²) in [6, 6.07) is 8.07. The van der Waals surface area contributed by atoms with Gasteiger partial charge in [0.05, 0.1) is 11.4 Å². The lowest BCUT2D eigenvalue weighted by atomic mass is 10.1. The van der Waals surface area contributed by atoms with E-state index in [0.29, 0.717) is 15.2 Å². The number of nitrogens with two attached hydrogens (primary N) is 1. The van der Waals surface area contributed by atoms with E-state index >= 15 is 0 Å². The van der Waals surface area contributed by atoms with Crippen molar-refractivity contribution in [3.8, 4) is 0 Å². The molecule has 2 aromatic carbocycles. The summed E-state index contributed by atoms with van der Waals surface area (Å²) in [7, 11) is -3.81. The van der Waals surface area contributed by atoms with E-state index in [0.717, 1.165) is 11.1 Å². The first-order chi connectivity index (χ1) is 9.70. The first-order valence-electron chi connectivity index (χ1n) is 6.05. The summed E-state index contributed by atoms with van der Waals surface area (Å²) in [5.41, 5.74) is 8.22. The van der Waals surface area contributed by atoms with E-state index in [2.05, 4.69) is 20.7 Å². The molecule has 0 fully saturated rings. The van der Waals surface area contributed by atoms with Crippen LogP contribution in [0.5, 0.6) is 0 Å². The minimum atomic E-state index is -3.81. The number of anilines is 2. The number of nitrogens with one attached hydrogen (secondary N) is 1. The van der Waals surface area contributed by atoms with Crippen molar-refractivity contribution in [2.24, 2.45) is 0 Å². The van der Waals surface area contributed by atoms with E-state index < -0.39 is 10.0 Å². The molecule has 0 unspecified atom stereocenters. The lowest BCUT2D eigenvalue weighted by Gasteiger charge is -2.14. The Labute approximate surface area is 137 Å². The molecule has 4 nitrogen and oxygen atoms in total. The van der Waals surface area contributed by atoms with Crippen LogP contribution in [0.2, 0.25) is 5.02 Å². The molecule has 0 heterocycles. The third-order valence-electron chi connectivity index (χ3n) is 2.93. The Kier molecular flexibility index (Phi) is 4.51. The summed E-state index contributed by atoms with van der Waals surface area (Å²) in [5, 5.41) is 0.310. The summed E-state index contributed by atoms with van der Waals surface area (Å²) >= 11 is 9.22. The van der Waals surface area contributed by atoms with Gasteiger partial charge in [-0.2, -0.15) is 0 Å². The maximum Gasteiger partial charge on any atom is 0.264 e. The van der Waals surface area contributed by atoms with E-state index in [1.165, 1.54) is 12.1 Å². The smallest absolute Gasteiger partial charge is 0.264 e. The van der Waals surface area contributed by atoms with E-state index in [1.807, 2.05) is 26.0 Å². The third kappa shape index (κ3) is 3.51. The molecule has 21 heavy (non-hydrogen) atoms. The average Bonchev–Trinajstić information content (AvgIpc) is 2.36. The van der Waals surface area contributed by atoms with Crippen LogP contribution in [0.15, 0.2) is 39.7 Å². The summed E-state index contributed by atoms with van der Waals surface area (Å²) < 4.78 is 28.2. The van der Waals surface area contributed by atoms with E-state index in [4.69, 9.17) is 17.3 Å². The van der Waals surface area contributed by atoms with Crippen molar-refractivity contribution < 1.29 is 8.42 Å². The number of halogens is 2. The third-order valence-corrected chi connectivity index (χ3v) is 5.20. The highest BCUT2D eigenvalue weighted by Crippen LogP contribution is 2.31. The van der Waals surface area contributed by atoms with Crippen molar-refractivity contribution in [3.05, 3.63) is 51.0 Å². The SMILES string of the molecule is Cc1cc(C)c(NS(=O)(=O)c2cc(Cl)ccc2N)c(Br)c1. The fourth-order valence-electron chi connectivity index (χ4n) is 1.98. The molecule has 112 valence electrons. The fraction of sp³-hybridized carbons (Fsp3) is 0.143. The number of rotatable bonds is 3. The second-order valence-corrected chi connectivity index (χ2v) is 7.67. The minimum Gasteiger partial charge on any atom is -0.398 e. The number of sulfonamides is 1. The largest absolute Gasteiger partial charge is 0.398 e. The quantitative estimate of drug-likeness (QED) is 0.776. The molecule has 0 bridgehead atoms. The standard InChI is InChI=1S/C14H14BrClN2O2S/c1-8-5-9(2)14(11(15)6-8)18-21(19,20)13-7-10(16)3-4-12(13)17/h3-7,18H,17H2,1-2H3. The van der Waals surface area contributed by atoms with E-state index in [1.54, 1.807) is 6.07 Å². The maximum atomic E-state index is 12.5. The van der Waals surface area contributed by atoms with Crippen LogP contribution in [0, 0.1) is 13.8 Å². The number of hydrogen-bond donors (Lipinski definition) is 2. The second kappa shape index (κ2) is 5.87. The molecular weight excluding hydrogens is 376 g/mol. The lowest BCUT2D eigenvalue weighted by Crippen LogP contribution is -2.16. The van der Waals surface area contributed by atoms with Gasteiger partial charge in [0.25, 0.3) is 10.0 Å². The van der Waals surface area contributed by atoms with Crippen LogP contribution < -0.4 is 10.5 Å². The zero-order valence-electron chi connectivity index (χ0n) is 11.4. The van der Waals surface area contributed by atoms with Crippen LogP contribution >= 0.6 is 27.5 Å². The van der Waals surface area contributed by atoms with Crippen molar-refractivity contribution in [1.82, 2.24) is 0 Å². The van der Waals surface area contributed by atoms with Gasteiger partial charge >= 0.3 is 0 Å². The highest BCUT2D eigenvalue weighted by atomic mass is 79.9. The topological polar surface area (TPSA) is 72.2 Å². The Hall–Kier alpha value is -1.24. The van der Waals surface area contributed by atoms with Gasteiger partial charge in [-0.1, -0.05) is 17.7 Å². The zero-order valence-corrected chi connectivity index (χ0v) is 14.6. The Morgan fingerprint density at radius 3 is 2.48 bits per heavy atom. The van der Waals surface area contributed by atoms with Gasteiger partial charge in [-0.25, -0.2) is 8.42 Å². The van der Waals surface area contributed by atoms with Gasteiger partial charge in [0.1, 0.15) is 4.90 Å². The first kappa shape index (κ1) is 16.1. The van der Waals surface area contributed by atoms with Crippen LogP contribution in [0.4, 0.5) is 11.4 Å². The molecule has 0 radical (unpaired) electrons. The van der Waals surface area contributed by atoms with Crippen molar-refractivity contribution in [2.45, 2.75) is 18.7 Å². The summed E-state index contributed by atoms with van der Waals surface area (Å²) in [5.74, 6) is 0. The Bertz CT molecular complexity index is 784. The van der Waals surface area contributed by atoms with Gasteiger partial charge in [-0.05, 0) is 65.2 Å². The van der Waals surface area contributed by atoms with Crippen molar-refractivity contribution >= 4 is 48.9 Å². The number of aryl methyl sites for hydroxylation is 2. The molecule has 2 rings (SSSR count). The predicted octanol–water partition coefficient (Wildman–Crippen LogP) is 4.10. The van der Waals surface area contributed by atoms with E-state index in [-0.39, 0.29) is 10.6 Å². The lowest BCUT2D eigenvalue weighted by molar-refractivity contribution is 0.601. The number of nitrogen functional groups attached to an aromatic ring is 1. The van der Waals surface area contributed by atoms with Crippen molar-refractivity contribution in [1.29, 1.82) is 0 Å². The van der Waals surface area contributed by atoms with Gasteiger partial charge in [-0.3, -0.25) is 4.72 Å². The highest BCUT2D eigenvalue weighted by Gasteiger charge is 2.20. The van der Waals surface area contributed by atoms with Crippen LogP contribution in [0.25, 0.3) is 0 Å². The monoisotopic (exact) mass is 388 g/mol. The normalized spacial score (nSPS) is 11.4. The molecule has 0 aliphatic rings.